The molecule has 15 heavy (non-hydrogen) atoms. The van der Waals surface area contributed by atoms with E-state index in [0.29, 0.717) is 19.5 Å². The van der Waals surface area contributed by atoms with Gasteiger partial charge in [-0.3, -0.25) is 4.79 Å². The maximum Gasteiger partial charge on any atom is 0.262 e. The summed E-state index contributed by atoms with van der Waals surface area (Å²) in [6, 6.07) is -0.318. The third kappa shape index (κ3) is 2.45. The number of nitrogens with zero attached hydrogens (tertiary/aromatic N) is 1. The zero-order chi connectivity index (χ0) is 10.9. The first-order chi connectivity index (χ1) is 7.08. The van der Waals surface area contributed by atoms with Crippen LogP contribution in [0.2, 0.25) is 0 Å². The van der Waals surface area contributed by atoms with Crippen molar-refractivity contribution in [2.45, 2.75) is 37.6 Å². The molecule has 0 bridgehead atoms. The average molecular weight is 218 g/mol. The molecule has 0 saturated carbocycles. The second-order valence-corrected chi connectivity index (χ2v) is 4.39. The summed E-state index contributed by atoms with van der Waals surface area (Å²) in [5.41, 5.74) is 0. The minimum atomic E-state index is -2.67. The van der Waals surface area contributed by atoms with Crippen LogP contribution in [0.3, 0.4) is 0 Å². The van der Waals surface area contributed by atoms with Gasteiger partial charge in [-0.1, -0.05) is 0 Å². The van der Waals surface area contributed by atoms with Crippen LogP contribution in [0.1, 0.15) is 25.7 Å². The van der Waals surface area contributed by atoms with Gasteiger partial charge in [-0.2, -0.15) is 0 Å². The number of alkyl halides is 2. The molecular formula is C10H16F2N2O. The smallest absolute Gasteiger partial charge is 0.262 e. The molecule has 86 valence electrons. The summed E-state index contributed by atoms with van der Waals surface area (Å²) in [5, 5.41) is 2.70. The van der Waals surface area contributed by atoms with Crippen molar-refractivity contribution in [3.8, 4) is 0 Å². The van der Waals surface area contributed by atoms with E-state index in [1.54, 1.807) is 4.90 Å². The number of hydrogen-bond donors (Lipinski definition) is 1. The van der Waals surface area contributed by atoms with Gasteiger partial charge in [0.05, 0.1) is 6.54 Å². The molecule has 0 aromatic carbocycles. The van der Waals surface area contributed by atoms with Crippen LogP contribution < -0.4 is 5.32 Å². The normalized spacial score (nSPS) is 31.7. The van der Waals surface area contributed by atoms with Crippen LogP contribution >= 0.6 is 0 Å². The number of rotatable bonds is 1. The van der Waals surface area contributed by atoms with Crippen LogP contribution in [0.25, 0.3) is 0 Å². The molecule has 2 fully saturated rings. The van der Waals surface area contributed by atoms with Gasteiger partial charge in [0.2, 0.25) is 5.91 Å². The molecular weight excluding hydrogens is 202 g/mol. The molecule has 2 rings (SSSR count). The molecule has 2 heterocycles. The number of amides is 1. The maximum absolute atomic E-state index is 13.1. The molecule has 1 N–H and O–H groups in total. The molecule has 0 unspecified atom stereocenters. The molecule has 1 amide bonds. The Bertz CT molecular complexity index is 258. The fraction of sp³-hybridized carbons (Fsp3) is 0.900. The molecule has 0 spiro atoms. The van der Waals surface area contributed by atoms with Crippen LogP contribution in [0.4, 0.5) is 8.78 Å². The van der Waals surface area contributed by atoms with Crippen LogP contribution in [0, 0.1) is 0 Å². The van der Waals surface area contributed by atoms with Gasteiger partial charge in [0, 0.05) is 32.0 Å². The summed E-state index contributed by atoms with van der Waals surface area (Å²) in [6.45, 7) is 0.883. The zero-order valence-electron chi connectivity index (χ0n) is 8.64. The largest absolute Gasteiger partial charge is 0.338 e. The third-order valence-electron chi connectivity index (χ3n) is 3.10. The lowest BCUT2D eigenvalue weighted by Gasteiger charge is -2.39. The summed E-state index contributed by atoms with van der Waals surface area (Å²) in [6.07, 6.45) is 2.16. The van der Waals surface area contributed by atoms with E-state index in [2.05, 4.69) is 5.32 Å². The van der Waals surface area contributed by atoms with E-state index in [4.69, 9.17) is 0 Å². The van der Waals surface area contributed by atoms with Crippen molar-refractivity contribution in [2.24, 2.45) is 0 Å². The highest BCUT2D eigenvalue weighted by Crippen LogP contribution is 2.27. The van der Waals surface area contributed by atoms with Crippen LogP contribution in [-0.2, 0) is 4.79 Å². The Morgan fingerprint density at radius 1 is 1.40 bits per heavy atom. The lowest BCUT2D eigenvalue weighted by atomic mass is 9.99. The monoisotopic (exact) mass is 218 g/mol. The number of nitrogens with one attached hydrogen (secondary N) is 1. The molecule has 3 nitrogen and oxygen atoms in total. The van der Waals surface area contributed by atoms with Gasteiger partial charge in [-0.25, -0.2) is 8.78 Å². The molecule has 2 aliphatic rings. The van der Waals surface area contributed by atoms with Crippen LogP contribution in [0.15, 0.2) is 0 Å². The van der Waals surface area contributed by atoms with E-state index >= 15 is 0 Å². The second-order valence-electron chi connectivity index (χ2n) is 4.39. The van der Waals surface area contributed by atoms with Crippen molar-refractivity contribution in [2.75, 3.05) is 19.6 Å². The Balaban J connectivity index is 2.00. The van der Waals surface area contributed by atoms with E-state index in [9.17, 15) is 13.6 Å². The first-order valence-corrected chi connectivity index (χ1v) is 5.46. The molecule has 0 aromatic heterocycles. The van der Waals surface area contributed by atoms with Gasteiger partial charge >= 0.3 is 0 Å². The molecule has 5 heteroatoms. The summed E-state index contributed by atoms with van der Waals surface area (Å²) in [5.74, 6) is -2.63. The quantitative estimate of drug-likeness (QED) is 0.712. The predicted molar refractivity (Wildman–Crippen MR) is 51.8 cm³/mol. The highest BCUT2D eigenvalue weighted by Gasteiger charge is 2.40. The van der Waals surface area contributed by atoms with Crippen LogP contribution in [0.5, 0.6) is 0 Å². The number of halogens is 2. The third-order valence-corrected chi connectivity index (χ3v) is 3.10. The SMILES string of the molecule is O=C1CCCCN1[C@@H]1CNCC(F)(F)C1. The summed E-state index contributed by atoms with van der Waals surface area (Å²) < 4.78 is 26.3. The number of piperidine rings is 2. The summed E-state index contributed by atoms with van der Waals surface area (Å²) in [7, 11) is 0. The minimum Gasteiger partial charge on any atom is -0.338 e. The van der Waals surface area contributed by atoms with Gasteiger partial charge in [0.15, 0.2) is 0 Å². The Morgan fingerprint density at radius 3 is 2.87 bits per heavy atom. The number of carbonyl (C=O) groups is 1. The highest BCUT2D eigenvalue weighted by atomic mass is 19.3. The Kier molecular flexibility index (Phi) is 2.91. The molecule has 2 saturated heterocycles. The van der Waals surface area contributed by atoms with Gasteiger partial charge in [-0.15, -0.1) is 0 Å². The highest BCUT2D eigenvalue weighted by molar-refractivity contribution is 5.77. The first-order valence-electron chi connectivity index (χ1n) is 5.46. The Labute approximate surface area is 87.8 Å². The topological polar surface area (TPSA) is 32.3 Å². The Morgan fingerprint density at radius 2 is 2.20 bits per heavy atom. The van der Waals surface area contributed by atoms with Crippen molar-refractivity contribution in [3.05, 3.63) is 0 Å². The van der Waals surface area contributed by atoms with E-state index in [1.165, 1.54) is 0 Å². The molecule has 0 aliphatic carbocycles. The lowest BCUT2D eigenvalue weighted by molar-refractivity contribution is -0.139. The first kappa shape index (κ1) is 10.8. The molecule has 2 aliphatic heterocycles. The van der Waals surface area contributed by atoms with E-state index in [-0.39, 0.29) is 24.9 Å². The fourth-order valence-corrected chi connectivity index (χ4v) is 2.34. The van der Waals surface area contributed by atoms with Gasteiger partial charge < -0.3 is 10.2 Å². The zero-order valence-corrected chi connectivity index (χ0v) is 8.64. The van der Waals surface area contributed by atoms with Crippen molar-refractivity contribution in [1.29, 1.82) is 0 Å². The van der Waals surface area contributed by atoms with E-state index in [1.807, 2.05) is 0 Å². The number of likely N-dealkylation sites (tertiary alicyclic amines) is 1. The van der Waals surface area contributed by atoms with Crippen molar-refractivity contribution >= 4 is 5.91 Å². The maximum atomic E-state index is 13.1. The summed E-state index contributed by atoms with van der Waals surface area (Å²) in [4.78, 5) is 13.2. The molecule has 1 atom stereocenters. The minimum absolute atomic E-state index is 0.0331. The van der Waals surface area contributed by atoms with Gasteiger partial charge in [-0.05, 0) is 12.8 Å². The van der Waals surface area contributed by atoms with Gasteiger partial charge in [0.1, 0.15) is 0 Å². The van der Waals surface area contributed by atoms with Gasteiger partial charge in [0.25, 0.3) is 5.92 Å². The Hall–Kier alpha value is -0.710. The van der Waals surface area contributed by atoms with Crippen LogP contribution in [-0.4, -0.2) is 42.4 Å². The van der Waals surface area contributed by atoms with E-state index < -0.39 is 5.92 Å². The molecule has 0 radical (unpaired) electrons. The predicted octanol–water partition coefficient (Wildman–Crippen LogP) is 0.996. The fourth-order valence-electron chi connectivity index (χ4n) is 2.34. The number of carbonyl (C=O) groups excluding carboxylic acids is 1. The van der Waals surface area contributed by atoms with Crippen molar-refractivity contribution in [1.82, 2.24) is 10.2 Å². The second kappa shape index (κ2) is 4.04. The lowest BCUT2D eigenvalue weighted by Crippen LogP contribution is -2.56. The molecule has 0 aromatic rings. The van der Waals surface area contributed by atoms with Crippen molar-refractivity contribution < 1.29 is 13.6 Å². The van der Waals surface area contributed by atoms with E-state index in [0.717, 1.165) is 12.8 Å². The average Bonchev–Trinajstić information content (AvgIpc) is 2.17. The number of hydrogen-bond acceptors (Lipinski definition) is 2. The standard InChI is InChI=1S/C10H16F2N2O/c11-10(12)5-8(6-13-7-10)14-4-2-1-3-9(14)15/h8,13H,1-7H2/t8-/m0/s1. The van der Waals surface area contributed by atoms with Crippen molar-refractivity contribution in [3.63, 3.8) is 0 Å². The summed E-state index contributed by atoms with van der Waals surface area (Å²) >= 11 is 0.